The fourth-order valence-electron chi connectivity index (χ4n) is 2.73. The van der Waals surface area contributed by atoms with Crippen molar-refractivity contribution in [2.45, 2.75) is 32.5 Å². The van der Waals surface area contributed by atoms with Crippen LogP contribution in [0.5, 0.6) is 5.75 Å². The van der Waals surface area contributed by atoms with E-state index >= 15 is 0 Å². The summed E-state index contributed by atoms with van der Waals surface area (Å²) in [7, 11) is -3.29. The molecule has 142 valence electrons. The van der Waals surface area contributed by atoms with Gasteiger partial charge in [0.15, 0.2) is 6.10 Å². The Balaban J connectivity index is 1.74. The summed E-state index contributed by atoms with van der Waals surface area (Å²) in [6, 6.07) is 7.71. The summed E-state index contributed by atoms with van der Waals surface area (Å²) < 4.78 is 42.2. The maximum absolute atomic E-state index is 11.7. The highest BCUT2D eigenvalue weighted by molar-refractivity contribution is 7.88. The lowest BCUT2D eigenvalue weighted by Crippen LogP contribution is -2.41. The van der Waals surface area contributed by atoms with Crippen LogP contribution in [0, 0.1) is 6.92 Å². The molecule has 8 nitrogen and oxygen atoms in total. The van der Waals surface area contributed by atoms with Crippen LogP contribution in [0.15, 0.2) is 28.7 Å². The number of sulfonamides is 1. The SMILES string of the molecule is CC[C@@H](Oc1ccccc1C)c1nnc([C@H]2CN(S(C)(=O)=O)CCO2)o1. The first kappa shape index (κ1) is 18.8. The molecule has 9 heteroatoms. The number of morpholine rings is 1. The number of hydrogen-bond donors (Lipinski definition) is 0. The maximum Gasteiger partial charge on any atom is 0.257 e. The Morgan fingerprint density at radius 2 is 2.12 bits per heavy atom. The predicted octanol–water partition coefficient (Wildman–Crippen LogP) is 2.24. The van der Waals surface area contributed by atoms with Crippen molar-refractivity contribution in [3.05, 3.63) is 41.6 Å². The number of rotatable bonds is 6. The van der Waals surface area contributed by atoms with E-state index in [9.17, 15) is 8.42 Å². The van der Waals surface area contributed by atoms with Gasteiger partial charge in [0.05, 0.1) is 12.9 Å². The quantitative estimate of drug-likeness (QED) is 0.757. The summed E-state index contributed by atoms with van der Waals surface area (Å²) in [5.74, 6) is 1.38. The highest BCUT2D eigenvalue weighted by Gasteiger charge is 2.32. The van der Waals surface area contributed by atoms with Gasteiger partial charge < -0.3 is 13.9 Å². The van der Waals surface area contributed by atoms with Crippen LogP contribution in [-0.4, -0.2) is 48.9 Å². The van der Waals surface area contributed by atoms with Crippen molar-refractivity contribution >= 4 is 10.0 Å². The Kier molecular flexibility index (Phi) is 5.59. The largest absolute Gasteiger partial charge is 0.480 e. The van der Waals surface area contributed by atoms with Crippen molar-refractivity contribution in [1.29, 1.82) is 0 Å². The number of aryl methyl sites for hydroxylation is 1. The van der Waals surface area contributed by atoms with Crippen LogP contribution in [0.4, 0.5) is 0 Å². The van der Waals surface area contributed by atoms with E-state index in [1.165, 1.54) is 10.6 Å². The second-order valence-electron chi connectivity index (χ2n) is 6.24. The van der Waals surface area contributed by atoms with Gasteiger partial charge in [-0.25, -0.2) is 8.42 Å². The molecule has 1 aliphatic heterocycles. The van der Waals surface area contributed by atoms with Crippen LogP contribution < -0.4 is 4.74 Å². The highest BCUT2D eigenvalue weighted by Crippen LogP contribution is 2.29. The zero-order valence-electron chi connectivity index (χ0n) is 15.1. The van der Waals surface area contributed by atoms with E-state index in [2.05, 4.69) is 10.2 Å². The fraction of sp³-hybridized carbons (Fsp3) is 0.529. The molecule has 1 saturated heterocycles. The van der Waals surface area contributed by atoms with Crippen molar-refractivity contribution < 1.29 is 22.3 Å². The summed E-state index contributed by atoms with van der Waals surface area (Å²) in [4.78, 5) is 0. The van der Waals surface area contributed by atoms with Crippen LogP contribution in [0.2, 0.25) is 0 Å². The Bertz CT molecular complexity index is 852. The molecule has 1 aromatic carbocycles. The Morgan fingerprint density at radius 3 is 2.81 bits per heavy atom. The lowest BCUT2D eigenvalue weighted by Gasteiger charge is -2.29. The van der Waals surface area contributed by atoms with Crippen molar-refractivity contribution in [1.82, 2.24) is 14.5 Å². The molecule has 0 bridgehead atoms. The van der Waals surface area contributed by atoms with Gasteiger partial charge in [-0.05, 0) is 25.0 Å². The van der Waals surface area contributed by atoms with E-state index in [4.69, 9.17) is 13.9 Å². The zero-order valence-corrected chi connectivity index (χ0v) is 15.9. The van der Waals surface area contributed by atoms with E-state index in [1.54, 1.807) is 0 Å². The molecule has 2 aromatic rings. The van der Waals surface area contributed by atoms with Crippen molar-refractivity contribution in [3.8, 4) is 5.75 Å². The second-order valence-corrected chi connectivity index (χ2v) is 8.22. The molecule has 2 heterocycles. The summed E-state index contributed by atoms with van der Waals surface area (Å²) in [6.07, 6.45) is 0.872. The third-order valence-electron chi connectivity index (χ3n) is 4.24. The number of para-hydroxylation sites is 1. The van der Waals surface area contributed by atoms with E-state index in [1.807, 2.05) is 38.1 Å². The van der Waals surface area contributed by atoms with E-state index in [0.717, 1.165) is 11.3 Å². The molecule has 1 aromatic heterocycles. The fourth-order valence-corrected chi connectivity index (χ4v) is 3.55. The van der Waals surface area contributed by atoms with Gasteiger partial charge in [-0.15, -0.1) is 10.2 Å². The van der Waals surface area contributed by atoms with Gasteiger partial charge in [0.2, 0.25) is 15.9 Å². The second kappa shape index (κ2) is 7.73. The average Bonchev–Trinajstić information content (AvgIpc) is 3.10. The first-order valence-electron chi connectivity index (χ1n) is 8.50. The molecule has 0 unspecified atom stereocenters. The number of nitrogens with zero attached hydrogens (tertiary/aromatic N) is 3. The van der Waals surface area contributed by atoms with Crippen molar-refractivity contribution in [3.63, 3.8) is 0 Å². The minimum atomic E-state index is -3.29. The molecular weight excluding hydrogens is 358 g/mol. The molecule has 3 rings (SSSR count). The summed E-state index contributed by atoms with van der Waals surface area (Å²) in [6.45, 7) is 4.71. The predicted molar refractivity (Wildman–Crippen MR) is 94.2 cm³/mol. The molecule has 2 atom stereocenters. The van der Waals surface area contributed by atoms with Crippen LogP contribution >= 0.6 is 0 Å². The molecule has 0 spiro atoms. The summed E-state index contributed by atoms with van der Waals surface area (Å²) >= 11 is 0. The lowest BCUT2D eigenvalue weighted by atomic mass is 10.2. The van der Waals surface area contributed by atoms with Gasteiger partial charge in [-0.1, -0.05) is 25.1 Å². The van der Waals surface area contributed by atoms with Gasteiger partial charge >= 0.3 is 0 Å². The topological polar surface area (TPSA) is 94.8 Å². The van der Waals surface area contributed by atoms with Gasteiger partial charge in [0, 0.05) is 13.1 Å². The lowest BCUT2D eigenvalue weighted by molar-refractivity contribution is -0.0186. The van der Waals surface area contributed by atoms with Crippen LogP contribution in [0.25, 0.3) is 0 Å². The van der Waals surface area contributed by atoms with Crippen molar-refractivity contribution in [2.24, 2.45) is 0 Å². The molecular formula is C17H23N3O5S. The third kappa shape index (κ3) is 4.22. The number of benzene rings is 1. The molecule has 26 heavy (non-hydrogen) atoms. The van der Waals surface area contributed by atoms with Gasteiger partial charge in [-0.2, -0.15) is 4.31 Å². The van der Waals surface area contributed by atoms with Crippen LogP contribution in [0.3, 0.4) is 0 Å². The third-order valence-corrected chi connectivity index (χ3v) is 5.51. The maximum atomic E-state index is 11.7. The number of hydrogen-bond acceptors (Lipinski definition) is 7. The number of ether oxygens (including phenoxy) is 2. The zero-order chi connectivity index (χ0) is 18.7. The number of aromatic nitrogens is 2. The normalized spacial score (nSPS) is 20.0. The van der Waals surface area contributed by atoms with Crippen LogP contribution in [-0.2, 0) is 14.8 Å². The molecule has 0 saturated carbocycles. The highest BCUT2D eigenvalue weighted by atomic mass is 32.2. The summed E-state index contributed by atoms with van der Waals surface area (Å²) in [5.41, 5.74) is 1.02. The molecule has 0 N–H and O–H groups in total. The Morgan fingerprint density at radius 1 is 1.35 bits per heavy atom. The minimum absolute atomic E-state index is 0.163. The van der Waals surface area contributed by atoms with E-state index in [0.29, 0.717) is 18.9 Å². The van der Waals surface area contributed by atoms with Gasteiger partial charge in [0.1, 0.15) is 11.9 Å². The molecule has 0 radical (unpaired) electrons. The van der Waals surface area contributed by atoms with Crippen LogP contribution in [0.1, 0.15) is 42.9 Å². The van der Waals surface area contributed by atoms with Crippen molar-refractivity contribution in [2.75, 3.05) is 26.0 Å². The molecule has 1 aliphatic rings. The van der Waals surface area contributed by atoms with Gasteiger partial charge in [-0.3, -0.25) is 0 Å². The summed E-state index contributed by atoms with van der Waals surface area (Å²) in [5, 5.41) is 8.13. The standard InChI is InChI=1S/C17H23N3O5S/c1-4-13(24-14-8-6-5-7-12(14)2)16-18-19-17(25-16)15-11-20(9-10-23-15)26(3,21)22/h5-8,13,15H,4,9-11H2,1-3H3/t13-,15-/m1/s1. The van der Waals surface area contributed by atoms with E-state index in [-0.39, 0.29) is 25.1 Å². The molecule has 1 fully saturated rings. The first-order valence-corrected chi connectivity index (χ1v) is 10.4. The smallest absolute Gasteiger partial charge is 0.257 e. The Hall–Kier alpha value is -1.97. The molecule has 0 amide bonds. The average molecular weight is 381 g/mol. The molecule has 0 aliphatic carbocycles. The first-order chi connectivity index (χ1) is 12.4. The van der Waals surface area contributed by atoms with Gasteiger partial charge in [0.25, 0.3) is 5.89 Å². The van der Waals surface area contributed by atoms with E-state index < -0.39 is 16.1 Å². The minimum Gasteiger partial charge on any atom is -0.480 e. The Labute approximate surface area is 153 Å². The monoisotopic (exact) mass is 381 g/mol.